The van der Waals surface area contributed by atoms with Crippen LogP contribution in [-0.4, -0.2) is 30.4 Å². The van der Waals surface area contributed by atoms with E-state index in [4.69, 9.17) is 26.3 Å². The summed E-state index contributed by atoms with van der Waals surface area (Å²) < 4.78 is 10.2. The molecule has 0 aliphatic rings. The van der Waals surface area contributed by atoms with Gasteiger partial charge in [-0.15, -0.1) is 11.3 Å². The number of anilines is 1. The number of hydrogen-bond acceptors (Lipinski definition) is 8. The van der Waals surface area contributed by atoms with E-state index in [0.717, 1.165) is 0 Å². The predicted molar refractivity (Wildman–Crippen MR) is 96.2 cm³/mol. The third kappa shape index (κ3) is 6.06. The van der Waals surface area contributed by atoms with Gasteiger partial charge in [0.2, 0.25) is 5.13 Å². The lowest BCUT2D eigenvalue weighted by Gasteiger charge is -2.05. The number of hydrazone groups is 1. The molecule has 0 unspecified atom stereocenters. The summed E-state index contributed by atoms with van der Waals surface area (Å²) in [6, 6.07) is 6.92. The van der Waals surface area contributed by atoms with Crippen LogP contribution in [0.15, 0.2) is 28.7 Å². The number of benzene rings is 1. The van der Waals surface area contributed by atoms with E-state index in [1.807, 2.05) is 6.07 Å². The van der Waals surface area contributed by atoms with Crippen LogP contribution >= 0.6 is 22.9 Å². The number of ether oxygens (including phenoxy) is 2. The van der Waals surface area contributed by atoms with Crippen LogP contribution in [0.25, 0.3) is 0 Å². The van der Waals surface area contributed by atoms with Crippen LogP contribution in [0.1, 0.15) is 18.2 Å². The zero-order valence-electron chi connectivity index (χ0n) is 13.4. The third-order valence-electron chi connectivity index (χ3n) is 2.81. The molecule has 0 saturated carbocycles. The van der Waals surface area contributed by atoms with Gasteiger partial charge in [0.05, 0.1) is 24.9 Å². The Morgan fingerprint density at radius 1 is 1.56 bits per heavy atom. The van der Waals surface area contributed by atoms with E-state index in [1.54, 1.807) is 30.5 Å². The SMILES string of the molecule is CCOC(=O)Cc1csc(NN=Cc2cc(Cl)ccc2OCC#N)n1. The Morgan fingerprint density at radius 2 is 2.40 bits per heavy atom. The summed E-state index contributed by atoms with van der Waals surface area (Å²) in [6.45, 7) is 2.03. The number of hydrogen-bond donors (Lipinski definition) is 1. The molecule has 0 aliphatic carbocycles. The Bertz CT molecular complexity index is 801. The third-order valence-corrected chi connectivity index (χ3v) is 3.84. The summed E-state index contributed by atoms with van der Waals surface area (Å²) in [7, 11) is 0. The molecule has 0 bridgehead atoms. The van der Waals surface area contributed by atoms with Gasteiger partial charge in [-0.3, -0.25) is 10.2 Å². The van der Waals surface area contributed by atoms with Crippen molar-refractivity contribution in [2.24, 2.45) is 5.10 Å². The van der Waals surface area contributed by atoms with Crippen LogP contribution in [0.2, 0.25) is 5.02 Å². The molecule has 130 valence electrons. The maximum Gasteiger partial charge on any atom is 0.311 e. The molecule has 0 radical (unpaired) electrons. The minimum Gasteiger partial charge on any atom is -0.478 e. The van der Waals surface area contributed by atoms with E-state index in [1.165, 1.54) is 17.6 Å². The van der Waals surface area contributed by atoms with E-state index >= 15 is 0 Å². The Balaban J connectivity index is 1.99. The van der Waals surface area contributed by atoms with E-state index in [2.05, 4.69) is 15.5 Å². The fourth-order valence-corrected chi connectivity index (χ4v) is 2.66. The fraction of sp³-hybridized carbons (Fsp3) is 0.250. The second kappa shape index (κ2) is 9.61. The molecular weight excluding hydrogens is 364 g/mol. The molecule has 0 saturated heterocycles. The number of nitrogens with zero attached hydrogens (tertiary/aromatic N) is 3. The lowest BCUT2D eigenvalue weighted by molar-refractivity contribution is -0.142. The first-order valence-electron chi connectivity index (χ1n) is 7.30. The molecule has 25 heavy (non-hydrogen) atoms. The summed E-state index contributed by atoms with van der Waals surface area (Å²) in [5.74, 6) is 0.180. The minimum absolute atomic E-state index is 0.0698. The van der Waals surface area contributed by atoms with E-state index < -0.39 is 0 Å². The highest BCUT2D eigenvalue weighted by Gasteiger charge is 2.08. The topological polar surface area (TPSA) is 96.6 Å². The number of thiazole rings is 1. The van der Waals surface area contributed by atoms with Gasteiger partial charge >= 0.3 is 5.97 Å². The molecule has 1 N–H and O–H groups in total. The molecule has 0 fully saturated rings. The van der Waals surface area contributed by atoms with Gasteiger partial charge in [-0.2, -0.15) is 10.4 Å². The van der Waals surface area contributed by atoms with Crippen LogP contribution in [0.4, 0.5) is 5.13 Å². The average molecular weight is 379 g/mol. The van der Waals surface area contributed by atoms with E-state index in [0.29, 0.717) is 33.8 Å². The predicted octanol–water partition coefficient (Wildman–Crippen LogP) is 3.25. The second-order valence-electron chi connectivity index (χ2n) is 4.62. The van der Waals surface area contributed by atoms with Crippen LogP contribution in [0.3, 0.4) is 0 Å². The van der Waals surface area contributed by atoms with Gasteiger partial charge in [0.25, 0.3) is 0 Å². The molecule has 1 aromatic heterocycles. The first-order valence-corrected chi connectivity index (χ1v) is 8.56. The maximum absolute atomic E-state index is 11.4. The smallest absolute Gasteiger partial charge is 0.311 e. The standard InChI is InChI=1S/C16H15ClN4O3S/c1-2-23-15(22)8-13-10-25-16(20-13)21-19-9-11-7-12(17)3-4-14(11)24-6-5-18/h3-4,7,9-10H,2,6,8H2,1H3,(H,20,21). The van der Waals surface area contributed by atoms with Crippen molar-refractivity contribution in [1.82, 2.24) is 4.98 Å². The van der Waals surface area contributed by atoms with Crippen molar-refractivity contribution < 1.29 is 14.3 Å². The van der Waals surface area contributed by atoms with Gasteiger partial charge in [0.15, 0.2) is 6.61 Å². The van der Waals surface area contributed by atoms with Crippen LogP contribution in [-0.2, 0) is 16.0 Å². The highest BCUT2D eigenvalue weighted by Crippen LogP contribution is 2.22. The number of rotatable bonds is 8. The lowest BCUT2D eigenvalue weighted by Crippen LogP contribution is -2.07. The summed E-state index contributed by atoms with van der Waals surface area (Å²) >= 11 is 7.29. The van der Waals surface area contributed by atoms with E-state index in [9.17, 15) is 4.79 Å². The number of nitriles is 1. The first kappa shape index (κ1) is 18.7. The molecule has 0 spiro atoms. The van der Waals surface area contributed by atoms with Gasteiger partial charge in [-0.05, 0) is 25.1 Å². The molecule has 2 aromatic rings. The van der Waals surface area contributed by atoms with Crippen LogP contribution < -0.4 is 10.2 Å². The number of aromatic nitrogens is 1. The summed E-state index contributed by atoms with van der Waals surface area (Å²) in [6.07, 6.45) is 1.64. The van der Waals surface area contributed by atoms with Gasteiger partial charge in [0, 0.05) is 16.0 Å². The number of nitrogens with one attached hydrogen (secondary N) is 1. The molecule has 2 rings (SSSR count). The fourth-order valence-electron chi connectivity index (χ4n) is 1.82. The lowest BCUT2D eigenvalue weighted by atomic mass is 10.2. The number of carbonyl (C=O) groups excluding carboxylic acids is 1. The molecule has 1 aromatic carbocycles. The maximum atomic E-state index is 11.4. The number of carbonyl (C=O) groups is 1. The normalized spacial score (nSPS) is 10.4. The molecule has 1 heterocycles. The van der Waals surface area contributed by atoms with Gasteiger partial charge < -0.3 is 9.47 Å². The van der Waals surface area contributed by atoms with Crippen molar-refractivity contribution in [2.75, 3.05) is 18.6 Å². The van der Waals surface area contributed by atoms with Gasteiger partial charge in [-0.25, -0.2) is 4.98 Å². The quantitative estimate of drug-likeness (QED) is 0.430. The minimum atomic E-state index is -0.318. The summed E-state index contributed by atoms with van der Waals surface area (Å²) in [5, 5.41) is 15.5. The molecule has 0 atom stereocenters. The van der Waals surface area contributed by atoms with Crippen LogP contribution in [0.5, 0.6) is 5.75 Å². The first-order chi connectivity index (χ1) is 12.1. The van der Waals surface area contributed by atoms with Crippen molar-refractivity contribution in [2.45, 2.75) is 13.3 Å². The number of esters is 1. The van der Waals surface area contributed by atoms with Crippen molar-refractivity contribution >= 4 is 40.3 Å². The molecule has 0 amide bonds. The zero-order valence-corrected chi connectivity index (χ0v) is 14.9. The summed E-state index contributed by atoms with van der Waals surface area (Å²) in [4.78, 5) is 15.7. The van der Waals surface area contributed by atoms with Crippen molar-refractivity contribution in [3.05, 3.63) is 39.9 Å². The van der Waals surface area contributed by atoms with E-state index in [-0.39, 0.29) is 19.0 Å². The molecule has 0 aliphatic heterocycles. The molecular formula is C16H15ClN4O3S. The Labute approximate surface area is 153 Å². The highest BCUT2D eigenvalue weighted by atomic mass is 35.5. The van der Waals surface area contributed by atoms with Crippen molar-refractivity contribution in [3.63, 3.8) is 0 Å². The van der Waals surface area contributed by atoms with Crippen molar-refractivity contribution in [3.8, 4) is 11.8 Å². The zero-order chi connectivity index (χ0) is 18.1. The molecule has 7 nitrogen and oxygen atoms in total. The van der Waals surface area contributed by atoms with Gasteiger partial charge in [0.1, 0.15) is 11.8 Å². The molecule has 9 heteroatoms. The largest absolute Gasteiger partial charge is 0.478 e. The van der Waals surface area contributed by atoms with Crippen LogP contribution in [0, 0.1) is 11.3 Å². The Morgan fingerprint density at radius 3 is 3.16 bits per heavy atom. The monoisotopic (exact) mass is 378 g/mol. The van der Waals surface area contributed by atoms with Crippen molar-refractivity contribution in [1.29, 1.82) is 5.26 Å². The Kier molecular flexibility index (Phi) is 7.19. The highest BCUT2D eigenvalue weighted by molar-refractivity contribution is 7.13. The van der Waals surface area contributed by atoms with Gasteiger partial charge in [-0.1, -0.05) is 11.6 Å². The Hall–Kier alpha value is -2.63. The average Bonchev–Trinajstić information content (AvgIpc) is 3.01. The summed E-state index contributed by atoms with van der Waals surface area (Å²) in [5.41, 5.74) is 4.02. The number of halogens is 1. The second-order valence-corrected chi connectivity index (χ2v) is 5.92.